The first-order valence-corrected chi connectivity index (χ1v) is 12.9. The van der Waals surface area contributed by atoms with E-state index in [2.05, 4.69) is 10.2 Å². The van der Waals surface area contributed by atoms with Crippen LogP contribution in [0.1, 0.15) is 87.4 Å². The van der Waals surface area contributed by atoms with Crippen molar-refractivity contribution >= 4 is 29.5 Å². The molecule has 31 heavy (non-hydrogen) atoms. The predicted octanol–water partition coefficient (Wildman–Crippen LogP) is 4.87. The highest BCUT2D eigenvalue weighted by molar-refractivity contribution is 7.99. The van der Waals surface area contributed by atoms with Crippen LogP contribution in [-0.2, 0) is 4.79 Å². The fraction of sp³-hybridized carbons (Fsp3) is 0.708. The van der Waals surface area contributed by atoms with Crippen LogP contribution in [0, 0.1) is 5.92 Å². The maximum absolute atomic E-state index is 13.1. The van der Waals surface area contributed by atoms with E-state index in [-0.39, 0.29) is 24.3 Å². The lowest BCUT2D eigenvalue weighted by atomic mass is 9.95. The van der Waals surface area contributed by atoms with Crippen molar-refractivity contribution in [1.82, 2.24) is 10.3 Å². The zero-order chi connectivity index (χ0) is 21.6. The molecule has 1 aliphatic heterocycles. The van der Waals surface area contributed by atoms with Crippen LogP contribution in [0.25, 0.3) is 0 Å². The number of pyridine rings is 1. The van der Waals surface area contributed by atoms with E-state index in [9.17, 15) is 9.59 Å². The van der Waals surface area contributed by atoms with Crippen LogP contribution < -0.4 is 10.2 Å². The van der Waals surface area contributed by atoms with Gasteiger partial charge in [0.1, 0.15) is 10.8 Å². The molecule has 2 heterocycles. The third-order valence-corrected chi connectivity index (χ3v) is 8.27. The van der Waals surface area contributed by atoms with Gasteiger partial charge in [-0.15, -0.1) is 11.8 Å². The Labute approximate surface area is 189 Å². The largest absolute Gasteiger partial charge is 0.481 e. The van der Waals surface area contributed by atoms with Crippen LogP contribution in [0.5, 0.6) is 0 Å². The highest BCUT2D eigenvalue weighted by atomic mass is 32.2. The van der Waals surface area contributed by atoms with Crippen molar-refractivity contribution in [3.05, 3.63) is 17.7 Å². The Morgan fingerprint density at radius 3 is 2.45 bits per heavy atom. The molecule has 1 saturated heterocycles. The number of rotatable bonds is 7. The number of nitrogens with one attached hydrogen (secondary N) is 1. The van der Waals surface area contributed by atoms with Gasteiger partial charge in [0.15, 0.2) is 0 Å². The number of anilines is 1. The van der Waals surface area contributed by atoms with E-state index in [1.165, 1.54) is 51.4 Å². The Morgan fingerprint density at radius 1 is 1.03 bits per heavy atom. The lowest BCUT2D eigenvalue weighted by Crippen LogP contribution is -2.36. The molecule has 2 saturated carbocycles. The van der Waals surface area contributed by atoms with Crippen molar-refractivity contribution in [3.63, 3.8) is 0 Å². The smallest absolute Gasteiger partial charge is 0.303 e. The number of thioether (sulfide) groups is 1. The molecule has 3 fully saturated rings. The molecule has 1 amide bonds. The van der Waals surface area contributed by atoms with E-state index >= 15 is 0 Å². The van der Waals surface area contributed by atoms with Crippen molar-refractivity contribution < 1.29 is 14.7 Å². The second-order valence-electron chi connectivity index (χ2n) is 9.41. The number of hydrogen-bond donors (Lipinski definition) is 2. The molecule has 0 bridgehead atoms. The summed E-state index contributed by atoms with van der Waals surface area (Å²) in [5.74, 6) is 0.320. The van der Waals surface area contributed by atoms with Crippen LogP contribution >= 0.6 is 11.8 Å². The number of carboxylic acid groups (broad SMARTS) is 1. The molecule has 1 aromatic rings. The molecule has 170 valence electrons. The van der Waals surface area contributed by atoms with E-state index in [0.717, 1.165) is 43.2 Å². The summed E-state index contributed by atoms with van der Waals surface area (Å²) in [4.78, 5) is 31.4. The topological polar surface area (TPSA) is 82.5 Å². The predicted molar refractivity (Wildman–Crippen MR) is 124 cm³/mol. The summed E-state index contributed by atoms with van der Waals surface area (Å²) in [6.45, 7) is 1.55. The molecule has 3 aliphatic rings. The van der Waals surface area contributed by atoms with Crippen molar-refractivity contribution in [2.45, 2.75) is 93.4 Å². The minimum absolute atomic E-state index is 0.00874. The Balaban J connectivity index is 1.50. The van der Waals surface area contributed by atoms with Gasteiger partial charge in [-0.2, -0.15) is 0 Å². The molecule has 0 spiro atoms. The van der Waals surface area contributed by atoms with E-state index in [1.54, 1.807) is 11.8 Å². The van der Waals surface area contributed by atoms with Gasteiger partial charge in [0.25, 0.3) is 5.91 Å². The third-order valence-electron chi connectivity index (χ3n) is 6.93. The zero-order valence-corrected chi connectivity index (χ0v) is 19.2. The van der Waals surface area contributed by atoms with Gasteiger partial charge in [-0.05, 0) is 50.2 Å². The summed E-state index contributed by atoms with van der Waals surface area (Å²) in [6.07, 6.45) is 13.1. The second-order valence-corrected chi connectivity index (χ2v) is 10.7. The van der Waals surface area contributed by atoms with Gasteiger partial charge in [0, 0.05) is 30.8 Å². The van der Waals surface area contributed by atoms with Crippen LogP contribution in [-0.4, -0.2) is 46.3 Å². The first-order valence-electron chi connectivity index (χ1n) is 12.0. The van der Waals surface area contributed by atoms with Gasteiger partial charge in [-0.25, -0.2) is 4.98 Å². The molecule has 2 aliphatic carbocycles. The Morgan fingerprint density at radius 2 is 1.74 bits per heavy atom. The number of carbonyl (C=O) groups is 2. The monoisotopic (exact) mass is 445 g/mol. The first-order chi connectivity index (χ1) is 15.1. The van der Waals surface area contributed by atoms with Crippen molar-refractivity contribution in [1.29, 1.82) is 0 Å². The molecule has 4 rings (SSSR count). The molecule has 7 heteroatoms. The lowest BCUT2D eigenvalue weighted by Gasteiger charge is -2.25. The van der Waals surface area contributed by atoms with Crippen LogP contribution in [0.4, 0.5) is 5.82 Å². The SMILES string of the molecule is O=C(O)C[C@H]1CCN(c2ccc(C(=O)NC3CCCCC3)c(SC3CCCCC3)n2)C1. The molecule has 0 radical (unpaired) electrons. The summed E-state index contributed by atoms with van der Waals surface area (Å²) in [5.41, 5.74) is 0.700. The maximum atomic E-state index is 13.1. The Kier molecular flexibility index (Phi) is 7.75. The lowest BCUT2D eigenvalue weighted by molar-refractivity contribution is -0.137. The van der Waals surface area contributed by atoms with Gasteiger partial charge in [0.2, 0.25) is 0 Å². The highest BCUT2D eigenvalue weighted by Crippen LogP contribution is 2.36. The van der Waals surface area contributed by atoms with Crippen molar-refractivity contribution in [2.75, 3.05) is 18.0 Å². The molecule has 6 nitrogen and oxygen atoms in total. The normalized spacial score (nSPS) is 23.1. The van der Waals surface area contributed by atoms with Gasteiger partial charge in [-0.3, -0.25) is 9.59 Å². The number of aliphatic carboxylic acids is 1. The summed E-state index contributed by atoms with van der Waals surface area (Å²) >= 11 is 1.77. The summed E-state index contributed by atoms with van der Waals surface area (Å²) in [7, 11) is 0. The standard InChI is InChI=1S/C24H35N3O3S/c28-22(29)15-17-13-14-27(16-17)21-12-11-20(23(30)25-18-7-3-1-4-8-18)24(26-21)31-19-9-5-2-6-10-19/h11-12,17-19H,1-10,13-16H2,(H,25,30)(H,28,29)/t17-/m1/s1. The molecule has 0 unspecified atom stereocenters. The average molecular weight is 446 g/mol. The summed E-state index contributed by atoms with van der Waals surface area (Å²) in [6, 6.07) is 4.17. The van der Waals surface area contributed by atoms with Crippen molar-refractivity contribution in [2.24, 2.45) is 5.92 Å². The van der Waals surface area contributed by atoms with E-state index in [1.807, 2.05) is 12.1 Å². The first kappa shape index (κ1) is 22.4. The quantitative estimate of drug-likeness (QED) is 0.623. The minimum atomic E-state index is -0.733. The summed E-state index contributed by atoms with van der Waals surface area (Å²) < 4.78 is 0. The molecule has 2 N–H and O–H groups in total. The van der Waals surface area contributed by atoms with E-state index < -0.39 is 5.97 Å². The van der Waals surface area contributed by atoms with Gasteiger partial charge >= 0.3 is 5.97 Å². The third kappa shape index (κ3) is 6.15. The van der Waals surface area contributed by atoms with Gasteiger partial charge in [0.05, 0.1) is 5.56 Å². The maximum Gasteiger partial charge on any atom is 0.303 e. The average Bonchev–Trinajstić information content (AvgIpc) is 3.23. The zero-order valence-electron chi connectivity index (χ0n) is 18.4. The van der Waals surface area contributed by atoms with Gasteiger partial charge in [-0.1, -0.05) is 38.5 Å². The fourth-order valence-corrected chi connectivity index (χ4v) is 6.49. The number of hydrogen-bond acceptors (Lipinski definition) is 5. The highest BCUT2D eigenvalue weighted by Gasteiger charge is 2.28. The molecule has 1 atom stereocenters. The summed E-state index contributed by atoms with van der Waals surface area (Å²) in [5, 5.41) is 13.7. The number of amides is 1. The second kappa shape index (κ2) is 10.7. The van der Waals surface area contributed by atoms with Gasteiger partial charge < -0.3 is 15.3 Å². The number of aromatic nitrogens is 1. The number of nitrogens with zero attached hydrogens (tertiary/aromatic N) is 2. The van der Waals surface area contributed by atoms with Crippen LogP contribution in [0.15, 0.2) is 17.2 Å². The molecule has 0 aromatic carbocycles. The van der Waals surface area contributed by atoms with Crippen LogP contribution in [0.2, 0.25) is 0 Å². The molecular formula is C24H35N3O3S. The molecular weight excluding hydrogens is 410 g/mol. The Hall–Kier alpha value is -1.76. The van der Waals surface area contributed by atoms with Crippen molar-refractivity contribution in [3.8, 4) is 0 Å². The van der Waals surface area contributed by atoms with E-state index in [4.69, 9.17) is 10.1 Å². The Bertz CT molecular complexity index is 775. The fourth-order valence-electron chi connectivity index (χ4n) is 5.17. The number of carbonyl (C=O) groups excluding carboxylic acids is 1. The molecule has 1 aromatic heterocycles. The van der Waals surface area contributed by atoms with Crippen LogP contribution in [0.3, 0.4) is 0 Å². The number of carboxylic acids is 1. The minimum Gasteiger partial charge on any atom is -0.481 e. The van der Waals surface area contributed by atoms with E-state index in [0.29, 0.717) is 10.8 Å².